The Balaban J connectivity index is 1.73. The molecule has 0 unspecified atom stereocenters. The minimum Gasteiger partial charge on any atom is -0.346 e. The number of aryl methyl sites for hydroxylation is 1. The van der Waals surface area contributed by atoms with Crippen LogP contribution < -0.4 is 5.32 Å². The molecule has 2 aromatic heterocycles. The third-order valence-corrected chi connectivity index (χ3v) is 4.50. The number of halogens is 1. The molecular formula is C22H18FN5O. The van der Waals surface area contributed by atoms with Crippen LogP contribution >= 0.6 is 0 Å². The Morgan fingerprint density at radius 1 is 1.10 bits per heavy atom. The standard InChI is InChI=1S/C22H18FN5O/c1-15-12-18(9-10-19(15)23)28-21(17-8-5-11-24-14-17)20(26-27-28)22(29)25-13-16-6-3-2-4-7-16/h2-12,14H,13H2,1H3,(H,25,29). The summed E-state index contributed by atoms with van der Waals surface area (Å²) in [5, 5.41) is 11.2. The molecule has 2 heterocycles. The lowest BCUT2D eigenvalue weighted by Crippen LogP contribution is -2.24. The molecule has 2 aromatic carbocycles. The van der Waals surface area contributed by atoms with Gasteiger partial charge in [-0.3, -0.25) is 9.78 Å². The van der Waals surface area contributed by atoms with Gasteiger partial charge in [0.1, 0.15) is 11.5 Å². The van der Waals surface area contributed by atoms with Crippen molar-refractivity contribution in [3.63, 3.8) is 0 Å². The predicted octanol–water partition coefficient (Wildman–Crippen LogP) is 3.71. The molecule has 0 atom stereocenters. The smallest absolute Gasteiger partial charge is 0.274 e. The van der Waals surface area contributed by atoms with Crippen molar-refractivity contribution in [1.29, 1.82) is 0 Å². The first kappa shape index (κ1) is 18.5. The topological polar surface area (TPSA) is 72.7 Å². The number of nitrogens with one attached hydrogen (secondary N) is 1. The summed E-state index contributed by atoms with van der Waals surface area (Å²) in [6.45, 7) is 2.04. The molecule has 6 nitrogen and oxygen atoms in total. The lowest BCUT2D eigenvalue weighted by molar-refractivity contribution is 0.0946. The van der Waals surface area contributed by atoms with Gasteiger partial charge in [-0.2, -0.15) is 0 Å². The largest absolute Gasteiger partial charge is 0.346 e. The number of benzene rings is 2. The molecule has 0 fully saturated rings. The van der Waals surface area contributed by atoms with E-state index >= 15 is 0 Å². The summed E-state index contributed by atoms with van der Waals surface area (Å²) in [4.78, 5) is 17.0. The third kappa shape index (κ3) is 3.89. The Kier molecular flexibility index (Phi) is 5.11. The van der Waals surface area contributed by atoms with Gasteiger partial charge < -0.3 is 5.32 Å². The van der Waals surface area contributed by atoms with E-state index in [2.05, 4.69) is 20.6 Å². The van der Waals surface area contributed by atoms with Gasteiger partial charge >= 0.3 is 0 Å². The van der Waals surface area contributed by atoms with Crippen molar-refractivity contribution in [1.82, 2.24) is 25.3 Å². The summed E-state index contributed by atoms with van der Waals surface area (Å²) < 4.78 is 15.2. The van der Waals surface area contributed by atoms with E-state index < -0.39 is 0 Å². The van der Waals surface area contributed by atoms with Crippen LogP contribution in [0.25, 0.3) is 16.9 Å². The average molecular weight is 387 g/mol. The first-order chi connectivity index (χ1) is 14.1. The summed E-state index contributed by atoms with van der Waals surface area (Å²) in [7, 11) is 0. The second-order valence-electron chi connectivity index (χ2n) is 6.54. The van der Waals surface area contributed by atoms with Crippen LogP contribution in [0, 0.1) is 12.7 Å². The molecule has 4 aromatic rings. The molecule has 4 rings (SSSR count). The van der Waals surface area contributed by atoms with E-state index in [1.54, 1.807) is 37.5 Å². The monoisotopic (exact) mass is 387 g/mol. The highest BCUT2D eigenvalue weighted by Gasteiger charge is 2.22. The fourth-order valence-corrected chi connectivity index (χ4v) is 3.00. The van der Waals surface area contributed by atoms with E-state index in [0.717, 1.165) is 5.56 Å². The van der Waals surface area contributed by atoms with Gasteiger partial charge in [0.25, 0.3) is 5.91 Å². The van der Waals surface area contributed by atoms with Crippen LogP contribution in [-0.2, 0) is 6.54 Å². The molecular weight excluding hydrogens is 369 g/mol. The zero-order valence-electron chi connectivity index (χ0n) is 15.7. The molecule has 7 heteroatoms. The second kappa shape index (κ2) is 8.02. The quantitative estimate of drug-likeness (QED) is 0.567. The van der Waals surface area contributed by atoms with Crippen LogP contribution in [0.2, 0.25) is 0 Å². The fraction of sp³-hybridized carbons (Fsp3) is 0.0909. The lowest BCUT2D eigenvalue weighted by atomic mass is 10.1. The Morgan fingerprint density at radius 3 is 2.66 bits per heavy atom. The molecule has 0 spiro atoms. The van der Waals surface area contributed by atoms with Gasteiger partial charge in [-0.25, -0.2) is 9.07 Å². The van der Waals surface area contributed by atoms with E-state index in [-0.39, 0.29) is 17.4 Å². The van der Waals surface area contributed by atoms with Crippen LogP contribution in [0.4, 0.5) is 4.39 Å². The van der Waals surface area contributed by atoms with E-state index in [0.29, 0.717) is 29.1 Å². The highest BCUT2D eigenvalue weighted by molar-refractivity contribution is 5.98. The third-order valence-electron chi connectivity index (χ3n) is 4.50. The molecule has 0 saturated carbocycles. The summed E-state index contributed by atoms with van der Waals surface area (Å²) in [5.41, 5.74) is 3.42. The molecule has 0 aliphatic rings. The SMILES string of the molecule is Cc1cc(-n2nnc(C(=O)NCc3ccccc3)c2-c2cccnc2)ccc1F. The van der Waals surface area contributed by atoms with Crippen LogP contribution in [0.3, 0.4) is 0 Å². The number of rotatable bonds is 5. The molecule has 1 amide bonds. The molecule has 0 saturated heterocycles. The molecule has 144 valence electrons. The van der Waals surface area contributed by atoms with Gasteiger partial charge in [0.15, 0.2) is 5.69 Å². The van der Waals surface area contributed by atoms with Crippen molar-refractivity contribution < 1.29 is 9.18 Å². The number of hydrogen-bond donors (Lipinski definition) is 1. The fourth-order valence-electron chi connectivity index (χ4n) is 3.00. The minimum atomic E-state index is -0.349. The second-order valence-corrected chi connectivity index (χ2v) is 6.54. The van der Waals surface area contributed by atoms with Gasteiger partial charge in [-0.1, -0.05) is 35.5 Å². The van der Waals surface area contributed by atoms with Gasteiger partial charge in [-0.05, 0) is 48.4 Å². The Morgan fingerprint density at radius 2 is 1.93 bits per heavy atom. The van der Waals surface area contributed by atoms with Crippen molar-refractivity contribution >= 4 is 5.91 Å². The number of aromatic nitrogens is 4. The predicted molar refractivity (Wildman–Crippen MR) is 107 cm³/mol. The molecule has 0 aliphatic heterocycles. The number of carbonyl (C=O) groups is 1. The summed E-state index contributed by atoms with van der Waals surface area (Å²) >= 11 is 0. The van der Waals surface area contributed by atoms with Crippen LogP contribution in [0.1, 0.15) is 21.6 Å². The van der Waals surface area contributed by atoms with Gasteiger partial charge in [0, 0.05) is 24.5 Å². The van der Waals surface area contributed by atoms with Crippen molar-refractivity contribution in [2.75, 3.05) is 0 Å². The average Bonchev–Trinajstić information content (AvgIpc) is 3.20. The maximum atomic E-state index is 13.7. The van der Waals surface area contributed by atoms with Crippen LogP contribution in [-0.4, -0.2) is 25.9 Å². The number of amides is 1. The number of pyridine rings is 1. The molecule has 1 N–H and O–H groups in total. The minimum absolute atomic E-state index is 0.177. The first-order valence-corrected chi connectivity index (χ1v) is 9.08. The Labute approximate surface area is 167 Å². The van der Waals surface area contributed by atoms with Crippen molar-refractivity contribution in [2.24, 2.45) is 0 Å². The maximum Gasteiger partial charge on any atom is 0.274 e. The first-order valence-electron chi connectivity index (χ1n) is 9.08. The Bertz CT molecular complexity index is 1140. The number of carbonyl (C=O) groups excluding carboxylic acids is 1. The summed E-state index contributed by atoms with van der Waals surface area (Å²) in [6.07, 6.45) is 3.29. The molecule has 0 bridgehead atoms. The van der Waals surface area contributed by atoms with Crippen LogP contribution in [0.5, 0.6) is 0 Å². The van der Waals surface area contributed by atoms with Crippen molar-refractivity contribution in [2.45, 2.75) is 13.5 Å². The van der Waals surface area contributed by atoms with Gasteiger partial charge in [0.05, 0.1) is 5.69 Å². The van der Waals surface area contributed by atoms with E-state index in [1.807, 2.05) is 36.4 Å². The number of hydrogen-bond acceptors (Lipinski definition) is 4. The molecule has 29 heavy (non-hydrogen) atoms. The van der Waals surface area contributed by atoms with E-state index in [1.165, 1.54) is 10.7 Å². The summed E-state index contributed by atoms with van der Waals surface area (Å²) in [6, 6.07) is 17.8. The van der Waals surface area contributed by atoms with Gasteiger partial charge in [0.2, 0.25) is 0 Å². The van der Waals surface area contributed by atoms with Crippen molar-refractivity contribution in [3.05, 3.63) is 95.7 Å². The molecule has 0 radical (unpaired) electrons. The van der Waals surface area contributed by atoms with E-state index in [9.17, 15) is 9.18 Å². The summed E-state index contributed by atoms with van der Waals surface area (Å²) in [5.74, 6) is -0.657. The van der Waals surface area contributed by atoms with Gasteiger partial charge in [-0.15, -0.1) is 5.10 Å². The zero-order valence-corrected chi connectivity index (χ0v) is 15.7. The van der Waals surface area contributed by atoms with Crippen LogP contribution in [0.15, 0.2) is 73.1 Å². The van der Waals surface area contributed by atoms with Crippen molar-refractivity contribution in [3.8, 4) is 16.9 Å². The maximum absolute atomic E-state index is 13.7. The highest BCUT2D eigenvalue weighted by atomic mass is 19.1. The van der Waals surface area contributed by atoms with E-state index in [4.69, 9.17) is 0 Å². The normalized spacial score (nSPS) is 10.7. The molecule has 0 aliphatic carbocycles. The number of nitrogens with zero attached hydrogens (tertiary/aromatic N) is 4. The lowest BCUT2D eigenvalue weighted by Gasteiger charge is -2.09. The zero-order chi connectivity index (χ0) is 20.2. The Hall–Kier alpha value is -3.87. The highest BCUT2D eigenvalue weighted by Crippen LogP contribution is 2.25.